The van der Waals surface area contributed by atoms with Crippen LogP contribution in [-0.4, -0.2) is 33.8 Å². The number of hydrogen-bond acceptors (Lipinski definition) is 6. The van der Waals surface area contributed by atoms with Gasteiger partial charge in [0.15, 0.2) is 0 Å². The Bertz CT molecular complexity index is 692. The molecule has 0 saturated heterocycles. The highest BCUT2D eigenvalue weighted by Gasteiger charge is 2.47. The van der Waals surface area contributed by atoms with E-state index in [0.29, 0.717) is 16.9 Å². The van der Waals surface area contributed by atoms with Gasteiger partial charge in [-0.15, -0.1) is 0 Å². The average Bonchev–Trinajstić information content (AvgIpc) is 2.46. The zero-order valence-corrected chi connectivity index (χ0v) is 13.4. The Morgan fingerprint density at radius 3 is 2.57 bits per heavy atom. The van der Waals surface area contributed by atoms with Crippen LogP contribution in [0.4, 0.5) is 0 Å². The maximum absolute atomic E-state index is 11.9. The lowest BCUT2D eigenvalue weighted by molar-refractivity contribution is -0.224. The predicted octanol–water partition coefficient (Wildman–Crippen LogP) is 1.46. The number of fused-ring (bicyclic) bond motifs is 1. The van der Waals surface area contributed by atoms with E-state index < -0.39 is 29.6 Å². The molecule has 1 aromatic carbocycles. The normalized spacial score (nSPS) is 21.4. The van der Waals surface area contributed by atoms with Crippen molar-refractivity contribution in [2.45, 2.75) is 45.4 Å². The van der Waals surface area contributed by atoms with Crippen LogP contribution < -0.4 is 4.74 Å². The summed E-state index contributed by atoms with van der Waals surface area (Å²) < 4.78 is 5.76. The van der Waals surface area contributed by atoms with E-state index in [-0.39, 0.29) is 0 Å². The SMILES string of the molecule is CC(=O)ON(C(C)=O)[C@H]1c2cc(C#N)ccc2OC(C)(C)[C@@H]1O. The van der Waals surface area contributed by atoms with E-state index in [4.69, 9.17) is 14.8 Å². The number of hydrogen-bond donors (Lipinski definition) is 1. The zero-order chi connectivity index (χ0) is 17.4. The number of ether oxygens (including phenoxy) is 1. The number of carbonyl (C=O) groups is 2. The number of carbonyl (C=O) groups excluding carboxylic acids is 2. The maximum atomic E-state index is 11.9. The monoisotopic (exact) mass is 318 g/mol. The third kappa shape index (κ3) is 3.12. The van der Waals surface area contributed by atoms with Gasteiger partial charge in [0.05, 0.1) is 11.6 Å². The molecular formula is C16H18N2O5. The third-order valence-electron chi connectivity index (χ3n) is 3.63. The van der Waals surface area contributed by atoms with Crippen molar-refractivity contribution in [1.29, 1.82) is 5.26 Å². The molecule has 1 aliphatic rings. The van der Waals surface area contributed by atoms with Gasteiger partial charge in [0.1, 0.15) is 23.5 Å². The van der Waals surface area contributed by atoms with Crippen LogP contribution in [0.5, 0.6) is 5.75 Å². The molecule has 0 spiro atoms. The van der Waals surface area contributed by atoms with Gasteiger partial charge in [-0.05, 0) is 32.0 Å². The molecule has 122 valence electrons. The van der Waals surface area contributed by atoms with Crippen LogP contribution in [0, 0.1) is 11.3 Å². The zero-order valence-electron chi connectivity index (χ0n) is 13.4. The Kier molecular flexibility index (Phi) is 4.30. The second-order valence-corrected chi connectivity index (χ2v) is 5.89. The van der Waals surface area contributed by atoms with Crippen LogP contribution in [-0.2, 0) is 14.4 Å². The average molecular weight is 318 g/mol. The Morgan fingerprint density at radius 2 is 2.04 bits per heavy atom. The van der Waals surface area contributed by atoms with Crippen LogP contribution in [0.1, 0.15) is 44.9 Å². The number of nitrogens with zero attached hydrogens (tertiary/aromatic N) is 2. The Balaban J connectivity index is 2.61. The van der Waals surface area contributed by atoms with Crippen molar-refractivity contribution in [3.63, 3.8) is 0 Å². The molecule has 0 radical (unpaired) electrons. The summed E-state index contributed by atoms with van der Waals surface area (Å²) in [4.78, 5) is 28.2. The minimum Gasteiger partial charge on any atom is -0.485 e. The summed E-state index contributed by atoms with van der Waals surface area (Å²) in [6.07, 6.45) is -1.16. The Morgan fingerprint density at radius 1 is 1.39 bits per heavy atom. The molecule has 0 aliphatic carbocycles. The van der Waals surface area contributed by atoms with Gasteiger partial charge in [0, 0.05) is 19.4 Å². The smallest absolute Gasteiger partial charge is 0.329 e. The second-order valence-electron chi connectivity index (χ2n) is 5.89. The van der Waals surface area contributed by atoms with E-state index in [1.807, 2.05) is 6.07 Å². The molecule has 1 aliphatic heterocycles. The van der Waals surface area contributed by atoms with E-state index in [9.17, 15) is 14.7 Å². The van der Waals surface area contributed by atoms with Gasteiger partial charge in [-0.2, -0.15) is 10.3 Å². The van der Waals surface area contributed by atoms with Crippen molar-refractivity contribution in [3.05, 3.63) is 29.3 Å². The van der Waals surface area contributed by atoms with Crippen LogP contribution in [0.15, 0.2) is 18.2 Å². The first kappa shape index (κ1) is 16.8. The molecule has 7 heteroatoms. The van der Waals surface area contributed by atoms with E-state index in [1.165, 1.54) is 19.9 Å². The van der Waals surface area contributed by atoms with Crippen molar-refractivity contribution >= 4 is 11.9 Å². The van der Waals surface area contributed by atoms with Gasteiger partial charge < -0.3 is 14.7 Å². The molecule has 0 aromatic heterocycles. The quantitative estimate of drug-likeness (QED) is 0.787. The lowest BCUT2D eigenvalue weighted by Gasteiger charge is -2.44. The van der Waals surface area contributed by atoms with E-state index in [0.717, 1.165) is 5.06 Å². The van der Waals surface area contributed by atoms with Crippen molar-refractivity contribution in [1.82, 2.24) is 5.06 Å². The molecule has 23 heavy (non-hydrogen) atoms. The fourth-order valence-corrected chi connectivity index (χ4v) is 2.55. The number of aliphatic hydroxyl groups excluding tert-OH is 1. The number of nitriles is 1. The summed E-state index contributed by atoms with van der Waals surface area (Å²) in [7, 11) is 0. The third-order valence-corrected chi connectivity index (χ3v) is 3.63. The summed E-state index contributed by atoms with van der Waals surface area (Å²) in [5.74, 6) is -0.812. The summed E-state index contributed by atoms with van der Waals surface area (Å²) in [5.41, 5.74) is -0.262. The molecule has 1 heterocycles. The second kappa shape index (κ2) is 5.89. The molecule has 1 aromatic rings. The lowest BCUT2D eigenvalue weighted by atomic mass is 9.85. The van der Waals surface area contributed by atoms with Gasteiger partial charge in [-0.1, -0.05) is 0 Å². The van der Waals surface area contributed by atoms with Crippen molar-refractivity contribution in [2.75, 3.05) is 0 Å². The summed E-state index contributed by atoms with van der Waals surface area (Å²) in [6, 6.07) is 5.71. The largest absolute Gasteiger partial charge is 0.485 e. The molecule has 1 amide bonds. The highest BCUT2D eigenvalue weighted by Crippen LogP contribution is 2.43. The number of benzene rings is 1. The van der Waals surface area contributed by atoms with Gasteiger partial charge >= 0.3 is 5.97 Å². The van der Waals surface area contributed by atoms with E-state index in [2.05, 4.69) is 0 Å². The number of amides is 1. The van der Waals surface area contributed by atoms with E-state index >= 15 is 0 Å². The Hall–Kier alpha value is -2.59. The molecule has 0 unspecified atom stereocenters. The maximum Gasteiger partial charge on any atom is 0.329 e. The number of rotatable bonds is 1. The molecular weight excluding hydrogens is 300 g/mol. The molecule has 0 bridgehead atoms. The molecule has 0 saturated carbocycles. The minimum atomic E-state index is -1.16. The van der Waals surface area contributed by atoms with Crippen molar-refractivity contribution in [2.24, 2.45) is 0 Å². The topological polar surface area (TPSA) is 99.9 Å². The van der Waals surface area contributed by atoms with E-state index in [1.54, 1.807) is 26.0 Å². The Labute approximate surface area is 134 Å². The first-order chi connectivity index (χ1) is 10.7. The molecule has 7 nitrogen and oxygen atoms in total. The minimum absolute atomic E-state index is 0.343. The van der Waals surface area contributed by atoms with Gasteiger partial charge in [0.2, 0.25) is 0 Å². The molecule has 2 rings (SSSR count). The van der Waals surface area contributed by atoms with Gasteiger partial charge in [0.25, 0.3) is 5.91 Å². The highest BCUT2D eigenvalue weighted by molar-refractivity contribution is 5.76. The predicted molar refractivity (Wildman–Crippen MR) is 78.9 cm³/mol. The number of hydroxylamine groups is 2. The highest BCUT2D eigenvalue weighted by atomic mass is 16.7. The van der Waals surface area contributed by atoms with Crippen LogP contribution in [0.3, 0.4) is 0 Å². The fraction of sp³-hybridized carbons (Fsp3) is 0.438. The first-order valence-electron chi connectivity index (χ1n) is 7.07. The number of aliphatic hydroxyl groups is 1. The van der Waals surface area contributed by atoms with Gasteiger partial charge in [-0.25, -0.2) is 0 Å². The van der Waals surface area contributed by atoms with Crippen LogP contribution >= 0.6 is 0 Å². The summed E-state index contributed by atoms with van der Waals surface area (Å²) in [6.45, 7) is 5.72. The van der Waals surface area contributed by atoms with Crippen molar-refractivity contribution in [3.8, 4) is 11.8 Å². The first-order valence-corrected chi connectivity index (χ1v) is 7.07. The van der Waals surface area contributed by atoms with Gasteiger partial charge in [-0.3, -0.25) is 9.59 Å². The lowest BCUT2D eigenvalue weighted by Crippen LogP contribution is -2.54. The standard InChI is InChI=1S/C16H18N2O5/c1-9(19)18(23-10(2)20)14-12-7-11(8-17)5-6-13(12)22-16(3,4)15(14)21/h5-7,14-15,21H,1-4H3/t14-,15+/m0/s1. The summed E-state index contributed by atoms with van der Waals surface area (Å²) >= 11 is 0. The molecule has 2 atom stereocenters. The van der Waals surface area contributed by atoms with Crippen molar-refractivity contribution < 1.29 is 24.3 Å². The summed E-state index contributed by atoms with van der Waals surface area (Å²) in [5, 5.41) is 20.5. The van der Waals surface area contributed by atoms with Crippen LogP contribution in [0.2, 0.25) is 0 Å². The fourth-order valence-electron chi connectivity index (χ4n) is 2.55. The molecule has 0 fully saturated rings. The molecule has 1 N–H and O–H groups in total. The van der Waals surface area contributed by atoms with Crippen LogP contribution in [0.25, 0.3) is 0 Å².